The molecule has 0 radical (unpaired) electrons. The van der Waals surface area contributed by atoms with Gasteiger partial charge in [-0.15, -0.1) is 0 Å². The maximum Gasteiger partial charge on any atom is 0.274 e. The Morgan fingerprint density at radius 3 is 2.88 bits per heavy atom. The lowest BCUT2D eigenvalue weighted by atomic mass is 9.66. The van der Waals surface area contributed by atoms with Gasteiger partial charge in [-0.2, -0.15) is 4.98 Å². The van der Waals surface area contributed by atoms with Crippen LogP contribution in [0.2, 0.25) is 0 Å². The van der Waals surface area contributed by atoms with E-state index < -0.39 is 10.0 Å². The summed E-state index contributed by atoms with van der Waals surface area (Å²) in [7, 11) is -2.13. The molecule has 0 unspecified atom stereocenters. The number of hydrogen-bond acceptors (Lipinski definition) is 6. The number of nitrogens with zero attached hydrogens (tertiary/aromatic N) is 4. The molecule has 3 aromatic rings. The second kappa shape index (κ2) is 6.76. The van der Waals surface area contributed by atoms with Crippen LogP contribution in [0.15, 0.2) is 33.7 Å². The van der Waals surface area contributed by atoms with Crippen LogP contribution in [0.3, 0.4) is 0 Å². The third-order valence-corrected chi connectivity index (χ3v) is 9.05. The highest BCUT2D eigenvalue weighted by Gasteiger charge is 2.51. The normalized spacial score (nSPS) is 25.1. The van der Waals surface area contributed by atoms with Crippen molar-refractivity contribution in [2.45, 2.75) is 50.5 Å². The predicted molar refractivity (Wildman–Crippen MR) is 121 cm³/mol. The minimum Gasteiger partial charge on any atom is -0.332 e. The number of hydrogen-bond donors (Lipinski definition) is 1. The van der Waals surface area contributed by atoms with Crippen LogP contribution >= 0.6 is 0 Å². The Morgan fingerprint density at radius 2 is 2.16 bits per heavy atom. The molecule has 0 bridgehead atoms. The van der Waals surface area contributed by atoms with Gasteiger partial charge in [-0.3, -0.25) is 4.90 Å². The average Bonchev–Trinajstić information content (AvgIpc) is 3.39. The molecule has 3 aliphatic rings. The summed E-state index contributed by atoms with van der Waals surface area (Å²) in [6, 6.07) is 5.72. The Morgan fingerprint density at radius 1 is 1.31 bits per heavy atom. The van der Waals surface area contributed by atoms with Crippen molar-refractivity contribution in [2.24, 2.45) is 5.41 Å². The number of piperidine rings is 1. The molecule has 8 nitrogen and oxygen atoms in total. The van der Waals surface area contributed by atoms with Crippen LogP contribution in [0, 0.1) is 12.3 Å². The van der Waals surface area contributed by atoms with Gasteiger partial charge in [-0.05, 0) is 70.0 Å². The Kier molecular flexibility index (Phi) is 4.25. The van der Waals surface area contributed by atoms with Crippen LogP contribution in [0.1, 0.15) is 55.2 Å². The summed E-state index contributed by atoms with van der Waals surface area (Å²) in [5, 5.41) is 5.15. The topological polar surface area (TPSA) is 93.3 Å². The van der Waals surface area contributed by atoms with Crippen molar-refractivity contribution in [3.8, 4) is 0 Å². The van der Waals surface area contributed by atoms with Gasteiger partial charge < -0.3 is 9.09 Å². The molecule has 3 aliphatic heterocycles. The van der Waals surface area contributed by atoms with Gasteiger partial charge in [0, 0.05) is 23.0 Å². The van der Waals surface area contributed by atoms with Crippen molar-refractivity contribution in [3.63, 3.8) is 0 Å². The Labute approximate surface area is 187 Å². The van der Waals surface area contributed by atoms with Gasteiger partial charge in [-0.1, -0.05) is 18.1 Å². The fourth-order valence-corrected chi connectivity index (χ4v) is 6.90. The maximum absolute atomic E-state index is 12.6. The fourth-order valence-electron chi connectivity index (χ4n) is 6.15. The quantitative estimate of drug-likeness (QED) is 0.652. The summed E-state index contributed by atoms with van der Waals surface area (Å²) in [6.45, 7) is 6.20. The first-order chi connectivity index (χ1) is 15.4. The van der Waals surface area contributed by atoms with Crippen molar-refractivity contribution in [1.29, 1.82) is 0 Å². The largest absolute Gasteiger partial charge is 0.332 e. The molecule has 6 rings (SSSR count). The molecule has 2 aromatic heterocycles. The zero-order valence-corrected chi connectivity index (χ0v) is 19.4. The molecular formula is C23H27N5O3S. The van der Waals surface area contributed by atoms with Crippen molar-refractivity contribution in [1.82, 2.24) is 24.3 Å². The molecule has 1 aromatic carbocycles. The second-order valence-electron chi connectivity index (χ2n) is 9.14. The Bertz CT molecular complexity index is 1390. The van der Waals surface area contributed by atoms with Crippen LogP contribution in [0.4, 0.5) is 0 Å². The first-order valence-corrected chi connectivity index (χ1v) is 12.8. The number of aryl methyl sites for hydroxylation is 1. The molecule has 32 heavy (non-hydrogen) atoms. The molecule has 1 saturated heterocycles. The fraction of sp³-hybridized carbons (Fsp3) is 0.478. The monoisotopic (exact) mass is 453 g/mol. The standard InChI is InChI=1S/C23H27N5O3S/c1-4-23-9-5-10-27-11-8-17-16-7-6-15(32(29,30)24-3)12-18(16)28(20(17)21(23)27)19(13-23)22-25-14(2)26-31-22/h6-7,12-13,21,24H,4-5,8-11H2,1-3H3/t21-,23+/m1/s1. The van der Waals surface area contributed by atoms with E-state index in [1.54, 1.807) is 12.1 Å². The first-order valence-electron chi connectivity index (χ1n) is 11.3. The van der Waals surface area contributed by atoms with Crippen LogP contribution in [0.5, 0.6) is 0 Å². The SMILES string of the molecule is CC[C@@]12C=C(c3nc(C)no3)n3c4c(c5ccc(S(=O)(=O)NC)cc53)CCN(CCC1)[C@H]42. The van der Waals surface area contributed by atoms with Gasteiger partial charge in [0.15, 0.2) is 5.82 Å². The van der Waals surface area contributed by atoms with E-state index >= 15 is 0 Å². The molecule has 0 amide bonds. The lowest BCUT2D eigenvalue weighted by Crippen LogP contribution is -2.50. The van der Waals surface area contributed by atoms with Gasteiger partial charge in [0.1, 0.15) is 5.70 Å². The van der Waals surface area contributed by atoms with Gasteiger partial charge in [0.05, 0.1) is 16.5 Å². The molecule has 0 saturated carbocycles. The highest BCUT2D eigenvalue weighted by Crippen LogP contribution is 2.57. The van der Waals surface area contributed by atoms with E-state index in [2.05, 4.69) is 37.3 Å². The van der Waals surface area contributed by atoms with Crippen molar-refractivity contribution in [3.05, 3.63) is 47.2 Å². The van der Waals surface area contributed by atoms with Crippen LogP contribution in [-0.4, -0.2) is 48.2 Å². The van der Waals surface area contributed by atoms with Gasteiger partial charge >= 0.3 is 0 Å². The lowest BCUT2D eigenvalue weighted by molar-refractivity contribution is 0.0269. The van der Waals surface area contributed by atoms with E-state index in [1.807, 2.05) is 13.0 Å². The molecule has 2 atom stereocenters. The number of sulfonamides is 1. The summed E-state index contributed by atoms with van der Waals surface area (Å²) < 4.78 is 35.5. The number of aromatic nitrogens is 3. The average molecular weight is 454 g/mol. The third kappa shape index (κ3) is 2.58. The van der Waals surface area contributed by atoms with E-state index in [1.165, 1.54) is 18.3 Å². The van der Waals surface area contributed by atoms with Crippen molar-refractivity contribution in [2.75, 3.05) is 20.1 Å². The summed E-state index contributed by atoms with van der Waals surface area (Å²) in [6.07, 6.45) is 6.57. The van der Waals surface area contributed by atoms with E-state index in [0.29, 0.717) is 11.7 Å². The molecule has 168 valence electrons. The van der Waals surface area contributed by atoms with Crippen molar-refractivity contribution >= 4 is 26.6 Å². The van der Waals surface area contributed by atoms with E-state index in [4.69, 9.17) is 4.52 Å². The smallest absolute Gasteiger partial charge is 0.274 e. The second-order valence-corrected chi connectivity index (χ2v) is 11.0. The zero-order chi connectivity index (χ0) is 22.3. The predicted octanol–water partition coefficient (Wildman–Crippen LogP) is 3.23. The number of benzene rings is 1. The minimum atomic E-state index is -3.57. The first kappa shape index (κ1) is 20.1. The molecule has 0 aliphatic carbocycles. The number of fused-ring (bicyclic) bond motifs is 3. The molecule has 9 heteroatoms. The molecular weight excluding hydrogens is 426 g/mol. The molecule has 1 N–H and O–H groups in total. The molecule has 5 heterocycles. The third-order valence-electron chi connectivity index (χ3n) is 7.64. The Balaban J connectivity index is 1.72. The van der Waals surface area contributed by atoms with Crippen molar-refractivity contribution < 1.29 is 12.9 Å². The number of rotatable bonds is 4. The summed E-state index contributed by atoms with van der Waals surface area (Å²) in [4.78, 5) is 7.44. The van der Waals surface area contributed by atoms with Crippen LogP contribution in [-0.2, 0) is 16.4 Å². The van der Waals surface area contributed by atoms with Gasteiger partial charge in [-0.25, -0.2) is 13.1 Å². The highest BCUT2D eigenvalue weighted by molar-refractivity contribution is 7.89. The van der Waals surface area contributed by atoms with E-state index in [-0.39, 0.29) is 16.4 Å². The van der Waals surface area contributed by atoms with Gasteiger partial charge in [0.25, 0.3) is 5.89 Å². The molecule has 0 spiro atoms. The highest BCUT2D eigenvalue weighted by atomic mass is 32.2. The molecule has 1 fully saturated rings. The zero-order valence-electron chi connectivity index (χ0n) is 18.6. The minimum absolute atomic E-state index is 0.00458. The van der Waals surface area contributed by atoms with Gasteiger partial charge in [0.2, 0.25) is 10.0 Å². The summed E-state index contributed by atoms with van der Waals surface area (Å²) in [5.74, 6) is 1.07. The van der Waals surface area contributed by atoms with Crippen LogP contribution in [0.25, 0.3) is 16.6 Å². The number of nitrogens with one attached hydrogen (secondary N) is 1. The maximum atomic E-state index is 12.6. The van der Waals surface area contributed by atoms with Crippen LogP contribution < -0.4 is 4.72 Å². The Hall–Kier alpha value is -2.49. The van der Waals surface area contributed by atoms with E-state index in [0.717, 1.165) is 55.4 Å². The van der Waals surface area contributed by atoms with E-state index in [9.17, 15) is 8.42 Å². The summed E-state index contributed by atoms with van der Waals surface area (Å²) in [5.41, 5.74) is 4.33. The lowest BCUT2D eigenvalue weighted by Gasteiger charge is -2.53. The summed E-state index contributed by atoms with van der Waals surface area (Å²) >= 11 is 0.